The van der Waals surface area contributed by atoms with Gasteiger partial charge in [0.15, 0.2) is 0 Å². The molecule has 0 saturated carbocycles. The highest BCUT2D eigenvalue weighted by Gasteiger charge is 2.39. The number of carboxylic acid groups (broad SMARTS) is 3. The van der Waals surface area contributed by atoms with Gasteiger partial charge < -0.3 is 39.9 Å². The Morgan fingerprint density at radius 3 is 1.91 bits per heavy atom. The summed E-state index contributed by atoms with van der Waals surface area (Å²) in [5.41, 5.74) is 4.95. The van der Waals surface area contributed by atoms with E-state index in [-0.39, 0.29) is 11.8 Å². The van der Waals surface area contributed by atoms with Crippen LogP contribution in [-0.4, -0.2) is 120 Å². The third-order valence-corrected chi connectivity index (χ3v) is 7.59. The second-order valence-electron chi connectivity index (χ2n) is 11.7. The molecular weight excluding hydrogens is 769 g/mol. The van der Waals surface area contributed by atoms with Gasteiger partial charge >= 0.3 is 36.4 Å². The van der Waals surface area contributed by atoms with Crippen molar-refractivity contribution in [3.63, 3.8) is 0 Å². The third kappa shape index (κ3) is 14.2. The van der Waals surface area contributed by atoms with Crippen LogP contribution in [0.3, 0.4) is 0 Å². The summed E-state index contributed by atoms with van der Waals surface area (Å²) in [5, 5.41) is 31.5. The van der Waals surface area contributed by atoms with Crippen LogP contribution in [0.1, 0.15) is 12.0 Å². The van der Waals surface area contributed by atoms with E-state index in [4.69, 9.17) is 39.2 Å². The van der Waals surface area contributed by atoms with E-state index in [1.165, 1.54) is 0 Å². The molecule has 55 heavy (non-hydrogen) atoms. The predicted octanol–water partition coefficient (Wildman–Crippen LogP) is 5.32. The number of anilines is 2. The van der Waals surface area contributed by atoms with E-state index >= 15 is 0 Å². The molecule has 5 rings (SSSR count). The molecule has 2 aliphatic heterocycles. The SMILES string of the molecule is COc1ccc2c(c1)CC(C(=O)Nc1ccc(-c3cn[nH]c3)cc1N1CCC(N(C)C)C1)CO2.O=C(O)C(F)(F)F.O=C(O)C(F)(F)F.O=C(O)C(F)(F)F. The predicted molar refractivity (Wildman–Crippen MR) is 174 cm³/mol. The highest BCUT2D eigenvalue weighted by molar-refractivity contribution is 5.97. The first-order chi connectivity index (χ1) is 25.3. The number of halogens is 9. The van der Waals surface area contributed by atoms with Gasteiger partial charge in [0.2, 0.25) is 5.91 Å². The topological polar surface area (TPSA) is 195 Å². The largest absolute Gasteiger partial charge is 0.497 e. The first kappa shape index (κ1) is 45.4. The van der Waals surface area contributed by atoms with Crippen molar-refractivity contribution in [3.05, 3.63) is 54.4 Å². The van der Waals surface area contributed by atoms with Crippen LogP contribution in [0.2, 0.25) is 0 Å². The molecule has 2 aromatic carbocycles. The summed E-state index contributed by atoms with van der Waals surface area (Å²) < 4.78 is 106. The third-order valence-electron chi connectivity index (χ3n) is 7.59. The molecule has 2 unspecified atom stereocenters. The summed E-state index contributed by atoms with van der Waals surface area (Å²) >= 11 is 0. The number of carbonyl (C=O) groups excluding carboxylic acids is 1. The quantitative estimate of drug-likeness (QED) is 0.202. The second kappa shape index (κ2) is 19.0. The van der Waals surface area contributed by atoms with Crippen LogP contribution in [-0.2, 0) is 25.6 Å². The van der Waals surface area contributed by atoms with E-state index in [2.05, 4.69) is 45.5 Å². The van der Waals surface area contributed by atoms with E-state index in [1.54, 1.807) is 7.11 Å². The fraction of sp³-hybridized carbons (Fsp3) is 0.406. The van der Waals surface area contributed by atoms with Crippen molar-refractivity contribution in [2.45, 2.75) is 37.4 Å². The lowest BCUT2D eigenvalue weighted by molar-refractivity contribution is -0.193. The minimum absolute atomic E-state index is 0.0332. The van der Waals surface area contributed by atoms with E-state index in [9.17, 15) is 44.3 Å². The van der Waals surface area contributed by atoms with Gasteiger partial charge in [-0.2, -0.15) is 44.6 Å². The number of amides is 1. The molecule has 0 spiro atoms. The second-order valence-corrected chi connectivity index (χ2v) is 11.7. The molecule has 304 valence electrons. The Bertz CT molecular complexity index is 1710. The lowest BCUT2D eigenvalue weighted by atomic mass is 9.95. The average molecular weight is 804 g/mol. The van der Waals surface area contributed by atoms with Crippen LogP contribution < -0.4 is 19.7 Å². The molecule has 0 aliphatic carbocycles. The van der Waals surface area contributed by atoms with Crippen LogP contribution in [0.5, 0.6) is 11.5 Å². The summed E-state index contributed by atoms with van der Waals surface area (Å²) in [6.07, 6.45) is -9.84. The number of hydrogen-bond donors (Lipinski definition) is 5. The minimum atomic E-state index is -5.08. The summed E-state index contributed by atoms with van der Waals surface area (Å²) in [4.78, 5) is 44.6. The Hall–Kier alpha value is -5.74. The highest BCUT2D eigenvalue weighted by Crippen LogP contribution is 2.36. The van der Waals surface area contributed by atoms with Crippen LogP contribution in [0, 0.1) is 5.92 Å². The molecule has 3 aromatic rings. The van der Waals surface area contributed by atoms with Crippen molar-refractivity contribution in [2.75, 3.05) is 51.1 Å². The van der Waals surface area contributed by atoms with E-state index in [1.807, 2.05) is 42.7 Å². The molecular formula is C32H34F9N5O9. The summed E-state index contributed by atoms with van der Waals surface area (Å²) in [6.45, 7) is 2.23. The first-order valence-corrected chi connectivity index (χ1v) is 15.4. The number of carboxylic acids is 3. The summed E-state index contributed by atoms with van der Waals surface area (Å²) in [6, 6.07) is 12.4. The van der Waals surface area contributed by atoms with Crippen molar-refractivity contribution in [3.8, 4) is 22.6 Å². The van der Waals surface area contributed by atoms with Crippen LogP contribution >= 0.6 is 0 Å². The molecule has 23 heteroatoms. The van der Waals surface area contributed by atoms with Gasteiger partial charge in [-0.05, 0) is 68.4 Å². The molecule has 1 amide bonds. The van der Waals surface area contributed by atoms with E-state index < -0.39 is 36.4 Å². The maximum atomic E-state index is 13.3. The highest BCUT2D eigenvalue weighted by atomic mass is 19.4. The normalized spacial score (nSPS) is 16.4. The molecule has 0 bridgehead atoms. The van der Waals surface area contributed by atoms with Gasteiger partial charge in [-0.15, -0.1) is 0 Å². The number of alkyl halides is 9. The molecule has 1 saturated heterocycles. The number of hydrogen-bond acceptors (Lipinski definition) is 9. The Kier molecular flexibility index (Phi) is 15.7. The Morgan fingerprint density at radius 1 is 0.891 bits per heavy atom. The minimum Gasteiger partial charge on any atom is -0.497 e. The molecule has 1 fully saturated rings. The lowest BCUT2D eigenvalue weighted by Crippen LogP contribution is -2.34. The zero-order chi connectivity index (χ0) is 41.9. The number of rotatable bonds is 6. The number of benzene rings is 2. The number of carbonyl (C=O) groups is 4. The Balaban J connectivity index is 0.000000408. The summed E-state index contributed by atoms with van der Waals surface area (Å²) in [7, 11) is 5.88. The molecule has 1 aromatic heterocycles. The van der Waals surface area contributed by atoms with Gasteiger partial charge in [0, 0.05) is 30.9 Å². The van der Waals surface area contributed by atoms with Crippen LogP contribution in [0.4, 0.5) is 50.9 Å². The standard InChI is InChI=1S/C26H31N5O3.3C2HF3O2/c1-30(2)21-8-9-31(15-21)24-12-17(20-13-27-28-14-20)4-6-23(24)29-26(32)19-10-18-11-22(33-3)5-7-25(18)34-16-19;3*3-2(4,5)1(6)7/h4-7,11-14,19,21H,8-10,15-16H2,1-3H3,(H,27,28)(H,29,32);3*(H,6,7). The number of nitrogens with zero attached hydrogens (tertiary/aromatic N) is 3. The molecule has 0 radical (unpaired) electrons. The number of ether oxygens (including phenoxy) is 2. The van der Waals surface area contributed by atoms with Crippen LogP contribution in [0.15, 0.2) is 48.8 Å². The molecule has 5 N–H and O–H groups in total. The van der Waals surface area contributed by atoms with E-state index in [0.717, 1.165) is 59.1 Å². The number of aliphatic carboxylic acids is 3. The Labute approximate surface area is 305 Å². The molecule has 14 nitrogen and oxygen atoms in total. The van der Waals surface area contributed by atoms with Crippen molar-refractivity contribution in [2.24, 2.45) is 5.92 Å². The zero-order valence-electron chi connectivity index (χ0n) is 28.8. The molecule has 2 atom stereocenters. The van der Waals surface area contributed by atoms with Gasteiger partial charge in [0.05, 0.1) is 30.6 Å². The maximum Gasteiger partial charge on any atom is 0.490 e. The zero-order valence-corrected chi connectivity index (χ0v) is 28.8. The lowest BCUT2D eigenvalue weighted by Gasteiger charge is -2.27. The number of aromatic nitrogens is 2. The summed E-state index contributed by atoms with van der Waals surface area (Å²) in [5.74, 6) is -6.98. The van der Waals surface area contributed by atoms with Crippen LogP contribution in [0.25, 0.3) is 11.1 Å². The number of methoxy groups -OCH3 is 1. The average Bonchev–Trinajstić information content (AvgIpc) is 3.81. The fourth-order valence-electron chi connectivity index (χ4n) is 4.77. The number of aromatic amines is 1. The van der Waals surface area contributed by atoms with Crippen molar-refractivity contribution in [1.29, 1.82) is 0 Å². The smallest absolute Gasteiger partial charge is 0.490 e. The van der Waals surface area contributed by atoms with Gasteiger partial charge in [-0.1, -0.05) is 6.07 Å². The maximum absolute atomic E-state index is 13.3. The van der Waals surface area contributed by atoms with Gasteiger partial charge in [0.25, 0.3) is 0 Å². The number of H-pyrrole nitrogens is 1. The number of likely N-dealkylation sites (N-methyl/N-ethyl adjacent to an activating group) is 1. The van der Waals surface area contributed by atoms with Gasteiger partial charge in [-0.25, -0.2) is 14.4 Å². The number of nitrogens with one attached hydrogen (secondary N) is 2. The van der Waals surface area contributed by atoms with Gasteiger partial charge in [0.1, 0.15) is 18.1 Å². The van der Waals surface area contributed by atoms with Gasteiger partial charge in [-0.3, -0.25) is 9.89 Å². The van der Waals surface area contributed by atoms with Crippen molar-refractivity contribution < 1.29 is 83.5 Å². The Morgan fingerprint density at radius 2 is 1.45 bits per heavy atom. The van der Waals surface area contributed by atoms with E-state index in [0.29, 0.717) is 19.1 Å². The van der Waals surface area contributed by atoms with Crippen molar-refractivity contribution >= 4 is 35.2 Å². The molecule has 3 heterocycles. The van der Waals surface area contributed by atoms with Crippen molar-refractivity contribution in [1.82, 2.24) is 15.1 Å². The molecule has 2 aliphatic rings. The first-order valence-electron chi connectivity index (χ1n) is 15.4. The number of fused-ring (bicyclic) bond motifs is 1. The fourth-order valence-corrected chi connectivity index (χ4v) is 4.77. The monoisotopic (exact) mass is 803 g/mol.